The largest absolute Gasteiger partial charge is 0.289 e. The van der Waals surface area contributed by atoms with E-state index in [2.05, 4.69) is 10.6 Å². The summed E-state index contributed by atoms with van der Waals surface area (Å²) in [6, 6.07) is 12.7. The van der Waals surface area contributed by atoms with Crippen LogP contribution in [0, 0.1) is 0 Å². The zero-order chi connectivity index (χ0) is 19.8. The second-order valence-corrected chi connectivity index (χ2v) is 6.24. The molecule has 4 amide bonds. The van der Waals surface area contributed by atoms with Crippen LogP contribution < -0.4 is 10.6 Å². The molecule has 2 aliphatic rings. The zero-order valence-electron chi connectivity index (χ0n) is 14.3. The minimum absolute atomic E-state index is 0.236. The fraction of sp³-hybridized carbons (Fsp3) is 0. The molecule has 0 saturated heterocycles. The lowest BCUT2D eigenvalue weighted by Crippen LogP contribution is -2.21. The number of carbonyl (C=O) groups is 5. The van der Waals surface area contributed by atoms with Crippen LogP contribution in [0.3, 0.4) is 0 Å². The van der Waals surface area contributed by atoms with Crippen molar-refractivity contribution in [2.45, 2.75) is 0 Å². The van der Waals surface area contributed by atoms with Gasteiger partial charge in [-0.05, 0) is 11.1 Å². The molecule has 7 nitrogen and oxygen atoms in total. The van der Waals surface area contributed by atoms with Crippen LogP contribution in [-0.2, 0) is 19.2 Å². The summed E-state index contributed by atoms with van der Waals surface area (Å²) < 4.78 is 0. The van der Waals surface area contributed by atoms with Gasteiger partial charge in [0.1, 0.15) is 0 Å². The van der Waals surface area contributed by atoms with Crippen molar-refractivity contribution >= 4 is 40.6 Å². The molecule has 2 aliphatic heterocycles. The van der Waals surface area contributed by atoms with Gasteiger partial charge in [-0.2, -0.15) is 0 Å². The van der Waals surface area contributed by atoms with Gasteiger partial charge in [-0.3, -0.25) is 34.6 Å². The van der Waals surface area contributed by atoms with Crippen LogP contribution in [0.25, 0.3) is 11.1 Å². The van der Waals surface area contributed by atoms with E-state index < -0.39 is 23.6 Å². The van der Waals surface area contributed by atoms with E-state index in [-0.39, 0.29) is 16.9 Å². The lowest BCUT2D eigenvalue weighted by Gasteiger charge is -2.05. The predicted molar refractivity (Wildman–Crippen MR) is 98.6 cm³/mol. The van der Waals surface area contributed by atoms with Gasteiger partial charge in [0.05, 0.1) is 11.1 Å². The molecule has 0 aliphatic carbocycles. The highest BCUT2D eigenvalue weighted by atomic mass is 16.2. The molecule has 4 rings (SSSR count). The minimum Gasteiger partial charge on any atom is -0.289 e. The number of imide groups is 2. The summed E-state index contributed by atoms with van der Waals surface area (Å²) in [7, 11) is 0. The van der Waals surface area contributed by atoms with Gasteiger partial charge >= 0.3 is 0 Å². The van der Waals surface area contributed by atoms with Crippen molar-refractivity contribution in [3.63, 3.8) is 0 Å². The number of ketones is 1. The number of benzene rings is 2. The molecule has 0 aromatic heterocycles. The number of hydrogen-bond donors (Lipinski definition) is 2. The van der Waals surface area contributed by atoms with Gasteiger partial charge in [-0.25, -0.2) is 0 Å². The Morgan fingerprint density at radius 3 is 1.21 bits per heavy atom. The summed E-state index contributed by atoms with van der Waals surface area (Å²) in [6.07, 6.45) is 2.44. The van der Waals surface area contributed by atoms with Gasteiger partial charge in [0.15, 0.2) is 5.78 Å². The Kier molecular flexibility index (Phi) is 4.04. The molecule has 7 heteroatoms. The van der Waals surface area contributed by atoms with Crippen LogP contribution >= 0.6 is 0 Å². The Morgan fingerprint density at radius 2 is 0.929 bits per heavy atom. The molecule has 0 radical (unpaired) electrons. The first kappa shape index (κ1) is 17.3. The third-order valence-electron chi connectivity index (χ3n) is 4.43. The third kappa shape index (κ3) is 3.05. The molecule has 2 heterocycles. The molecule has 0 spiro atoms. The van der Waals surface area contributed by atoms with E-state index in [0.29, 0.717) is 22.3 Å². The van der Waals surface area contributed by atoms with E-state index in [1.807, 2.05) is 0 Å². The van der Waals surface area contributed by atoms with Crippen molar-refractivity contribution in [3.8, 4) is 0 Å². The summed E-state index contributed by atoms with van der Waals surface area (Å²) in [5.74, 6) is -2.10. The molecule has 0 fully saturated rings. The maximum Gasteiger partial charge on any atom is 0.258 e. The number of nitrogens with one attached hydrogen (secondary N) is 2. The van der Waals surface area contributed by atoms with Gasteiger partial charge in [-0.15, -0.1) is 0 Å². The van der Waals surface area contributed by atoms with Crippen LogP contribution in [0.2, 0.25) is 0 Å². The second kappa shape index (κ2) is 6.55. The van der Waals surface area contributed by atoms with Crippen molar-refractivity contribution in [1.82, 2.24) is 10.6 Å². The Bertz CT molecular complexity index is 1030. The van der Waals surface area contributed by atoms with Crippen LogP contribution in [0.5, 0.6) is 0 Å². The number of carbonyl (C=O) groups excluding carboxylic acids is 5. The van der Waals surface area contributed by atoms with E-state index >= 15 is 0 Å². The lowest BCUT2D eigenvalue weighted by molar-refractivity contribution is -0.124. The molecule has 0 saturated carbocycles. The topological polar surface area (TPSA) is 109 Å². The Hall–Kier alpha value is -4.13. The Labute approximate surface area is 158 Å². The van der Waals surface area contributed by atoms with Crippen LogP contribution in [0.1, 0.15) is 27.0 Å². The molecule has 0 atom stereocenters. The highest BCUT2D eigenvalue weighted by Crippen LogP contribution is 2.22. The van der Waals surface area contributed by atoms with Gasteiger partial charge in [0.2, 0.25) is 0 Å². The molecule has 136 valence electrons. The van der Waals surface area contributed by atoms with E-state index in [4.69, 9.17) is 0 Å². The normalized spacial score (nSPS) is 15.9. The third-order valence-corrected chi connectivity index (χ3v) is 4.43. The molecule has 2 aromatic rings. The quantitative estimate of drug-likeness (QED) is 0.615. The highest BCUT2D eigenvalue weighted by Gasteiger charge is 2.23. The SMILES string of the molecule is O=C1C=C(c2ccc(C(=O)c3ccc(C4=CC(=O)NC4=O)cc3)cc2)C(=O)N1. The van der Waals surface area contributed by atoms with Crippen molar-refractivity contribution in [3.05, 3.63) is 82.9 Å². The number of rotatable bonds is 4. The van der Waals surface area contributed by atoms with Crippen LogP contribution in [-0.4, -0.2) is 29.4 Å². The van der Waals surface area contributed by atoms with E-state index in [1.54, 1.807) is 48.5 Å². The van der Waals surface area contributed by atoms with E-state index in [1.165, 1.54) is 12.2 Å². The van der Waals surface area contributed by atoms with Gasteiger partial charge in [0.25, 0.3) is 23.6 Å². The molecule has 28 heavy (non-hydrogen) atoms. The monoisotopic (exact) mass is 372 g/mol. The fourth-order valence-electron chi connectivity index (χ4n) is 3.02. The highest BCUT2D eigenvalue weighted by molar-refractivity contribution is 6.34. The Morgan fingerprint density at radius 1 is 0.571 bits per heavy atom. The molecule has 0 unspecified atom stereocenters. The smallest absolute Gasteiger partial charge is 0.258 e. The summed E-state index contributed by atoms with van der Waals surface area (Å²) >= 11 is 0. The Balaban J connectivity index is 1.55. The lowest BCUT2D eigenvalue weighted by atomic mass is 9.97. The molecule has 0 bridgehead atoms. The first-order valence-corrected chi connectivity index (χ1v) is 8.32. The summed E-state index contributed by atoms with van der Waals surface area (Å²) in [6.45, 7) is 0. The van der Waals surface area contributed by atoms with Crippen molar-refractivity contribution in [2.24, 2.45) is 0 Å². The summed E-state index contributed by atoms with van der Waals surface area (Å²) in [5.41, 5.74) is 2.42. The zero-order valence-corrected chi connectivity index (χ0v) is 14.3. The standard InChI is InChI=1S/C21H12N2O5/c24-17-9-15(20(27)22-17)11-1-5-13(6-2-11)19(26)14-7-3-12(4-8-14)16-10-18(25)23-21(16)28/h1-10H,(H,22,24,27)(H,23,25,28). The minimum atomic E-state index is -0.469. The average Bonchev–Trinajstić information content (AvgIpc) is 3.21. The van der Waals surface area contributed by atoms with Crippen molar-refractivity contribution < 1.29 is 24.0 Å². The first-order valence-electron chi connectivity index (χ1n) is 8.32. The van der Waals surface area contributed by atoms with Crippen LogP contribution in [0.15, 0.2) is 60.7 Å². The summed E-state index contributed by atoms with van der Waals surface area (Å²) in [5, 5.41) is 4.34. The molecular formula is C21H12N2O5. The van der Waals surface area contributed by atoms with E-state index in [0.717, 1.165) is 0 Å². The van der Waals surface area contributed by atoms with Gasteiger partial charge in [-0.1, -0.05) is 48.5 Å². The fourth-order valence-corrected chi connectivity index (χ4v) is 3.02. The molecule has 2 N–H and O–H groups in total. The first-order chi connectivity index (χ1) is 13.4. The maximum absolute atomic E-state index is 12.6. The van der Waals surface area contributed by atoms with E-state index in [9.17, 15) is 24.0 Å². The number of hydrogen-bond acceptors (Lipinski definition) is 5. The second-order valence-electron chi connectivity index (χ2n) is 6.24. The summed E-state index contributed by atoms with van der Waals surface area (Å²) in [4.78, 5) is 58.5. The molecular weight excluding hydrogens is 360 g/mol. The molecule has 2 aromatic carbocycles. The number of amides is 4. The van der Waals surface area contributed by atoms with Crippen LogP contribution in [0.4, 0.5) is 0 Å². The van der Waals surface area contributed by atoms with Gasteiger partial charge in [0, 0.05) is 23.3 Å². The van der Waals surface area contributed by atoms with Crippen molar-refractivity contribution in [1.29, 1.82) is 0 Å². The average molecular weight is 372 g/mol. The predicted octanol–water partition coefficient (Wildman–Crippen LogP) is 0.997. The van der Waals surface area contributed by atoms with Crippen molar-refractivity contribution in [2.75, 3.05) is 0 Å². The van der Waals surface area contributed by atoms with Gasteiger partial charge < -0.3 is 0 Å². The maximum atomic E-state index is 12.6.